The second-order valence-corrected chi connectivity index (χ2v) is 6.01. The Morgan fingerprint density at radius 3 is 2.36 bits per heavy atom. The molecule has 0 aliphatic rings. The second kappa shape index (κ2) is 7.92. The Labute approximate surface area is 146 Å². The van der Waals surface area contributed by atoms with Gasteiger partial charge in [0.25, 0.3) is 0 Å². The molecule has 0 atom stereocenters. The summed E-state index contributed by atoms with van der Waals surface area (Å²) in [6, 6.07) is 5.62. The zero-order chi connectivity index (χ0) is 18.6. The van der Waals surface area contributed by atoms with E-state index < -0.39 is 5.91 Å². The van der Waals surface area contributed by atoms with Crippen molar-refractivity contribution in [2.45, 2.75) is 33.1 Å². The maximum atomic E-state index is 13.1. The van der Waals surface area contributed by atoms with Gasteiger partial charge in [-0.2, -0.15) is 5.10 Å². The van der Waals surface area contributed by atoms with Crippen LogP contribution >= 0.6 is 0 Å². The van der Waals surface area contributed by atoms with E-state index in [-0.39, 0.29) is 31.1 Å². The van der Waals surface area contributed by atoms with Crippen molar-refractivity contribution in [3.8, 4) is 0 Å². The van der Waals surface area contributed by atoms with Gasteiger partial charge in [0, 0.05) is 37.8 Å². The van der Waals surface area contributed by atoms with Gasteiger partial charge in [0.2, 0.25) is 11.8 Å². The standard InChI is InChI=1S/C18H23FN4O2/c1-12-16(13(2)22(3)21-12)8-9-18(25)23(11-10-17(20)24)15-6-4-14(19)5-7-15/h4-7H,8-11H2,1-3H3,(H2,20,24). The Morgan fingerprint density at radius 1 is 1.20 bits per heavy atom. The summed E-state index contributed by atoms with van der Waals surface area (Å²) in [6.07, 6.45) is 0.871. The number of carbonyl (C=O) groups is 2. The molecule has 2 N–H and O–H groups in total. The highest BCUT2D eigenvalue weighted by molar-refractivity contribution is 5.94. The number of nitrogens with two attached hydrogens (primary N) is 1. The van der Waals surface area contributed by atoms with Crippen molar-refractivity contribution in [3.05, 3.63) is 47.0 Å². The largest absolute Gasteiger partial charge is 0.370 e. The van der Waals surface area contributed by atoms with Crippen LogP contribution in [0.3, 0.4) is 0 Å². The summed E-state index contributed by atoms with van der Waals surface area (Å²) >= 11 is 0. The predicted molar refractivity (Wildman–Crippen MR) is 93.6 cm³/mol. The van der Waals surface area contributed by atoms with Crippen molar-refractivity contribution < 1.29 is 14.0 Å². The lowest BCUT2D eigenvalue weighted by Gasteiger charge is -2.22. The Morgan fingerprint density at radius 2 is 1.84 bits per heavy atom. The number of hydrogen-bond acceptors (Lipinski definition) is 3. The molecule has 0 radical (unpaired) electrons. The molecule has 1 aromatic heterocycles. The lowest BCUT2D eigenvalue weighted by atomic mass is 10.1. The highest BCUT2D eigenvalue weighted by Gasteiger charge is 2.18. The first-order chi connectivity index (χ1) is 11.8. The highest BCUT2D eigenvalue weighted by atomic mass is 19.1. The number of benzene rings is 1. The monoisotopic (exact) mass is 346 g/mol. The summed E-state index contributed by atoms with van der Waals surface area (Å²) < 4.78 is 14.9. The number of hydrogen-bond donors (Lipinski definition) is 1. The van der Waals surface area contributed by atoms with Gasteiger partial charge in [-0.1, -0.05) is 0 Å². The van der Waals surface area contributed by atoms with Gasteiger partial charge in [0.1, 0.15) is 5.82 Å². The smallest absolute Gasteiger partial charge is 0.227 e. The minimum absolute atomic E-state index is 0.0497. The van der Waals surface area contributed by atoms with Gasteiger partial charge in [-0.25, -0.2) is 4.39 Å². The van der Waals surface area contributed by atoms with E-state index >= 15 is 0 Å². The molecule has 0 aliphatic heterocycles. The zero-order valence-electron chi connectivity index (χ0n) is 14.8. The minimum Gasteiger partial charge on any atom is -0.370 e. The van der Waals surface area contributed by atoms with Gasteiger partial charge < -0.3 is 10.6 Å². The van der Waals surface area contributed by atoms with Crippen LogP contribution in [0.4, 0.5) is 10.1 Å². The molecule has 0 saturated carbocycles. The van der Waals surface area contributed by atoms with E-state index in [1.807, 2.05) is 20.9 Å². The molecule has 6 nitrogen and oxygen atoms in total. The Bertz CT molecular complexity index is 768. The number of aryl methyl sites for hydroxylation is 2. The number of primary amides is 1. The second-order valence-electron chi connectivity index (χ2n) is 6.01. The van der Waals surface area contributed by atoms with E-state index in [4.69, 9.17) is 5.73 Å². The quantitative estimate of drug-likeness (QED) is 0.833. The molecule has 7 heteroatoms. The average molecular weight is 346 g/mol. The molecule has 0 unspecified atom stereocenters. The summed E-state index contributed by atoms with van der Waals surface area (Å²) in [5.41, 5.74) is 8.72. The molecule has 0 bridgehead atoms. The molecule has 2 amide bonds. The van der Waals surface area contributed by atoms with Crippen LogP contribution < -0.4 is 10.6 Å². The number of nitrogens with zero attached hydrogens (tertiary/aromatic N) is 3. The molecule has 0 aliphatic carbocycles. The molecule has 1 aromatic carbocycles. The van der Waals surface area contributed by atoms with E-state index in [1.54, 1.807) is 4.68 Å². The molecule has 0 fully saturated rings. The fraction of sp³-hybridized carbons (Fsp3) is 0.389. The van der Waals surface area contributed by atoms with Gasteiger partial charge in [-0.15, -0.1) is 0 Å². The van der Waals surface area contributed by atoms with E-state index in [0.717, 1.165) is 17.0 Å². The van der Waals surface area contributed by atoms with Crippen molar-refractivity contribution in [1.29, 1.82) is 0 Å². The maximum absolute atomic E-state index is 13.1. The molecule has 2 aromatic rings. The lowest BCUT2D eigenvalue weighted by molar-refractivity contribution is -0.119. The summed E-state index contributed by atoms with van der Waals surface area (Å²) in [5, 5.41) is 4.35. The first-order valence-electron chi connectivity index (χ1n) is 8.13. The number of aromatic nitrogens is 2. The van der Waals surface area contributed by atoms with Gasteiger partial charge in [-0.05, 0) is 50.1 Å². The third kappa shape index (κ3) is 4.65. The van der Waals surface area contributed by atoms with Crippen molar-refractivity contribution in [2.24, 2.45) is 12.8 Å². The third-order valence-electron chi connectivity index (χ3n) is 4.27. The summed E-state index contributed by atoms with van der Waals surface area (Å²) in [5.74, 6) is -1.01. The van der Waals surface area contributed by atoms with E-state index in [1.165, 1.54) is 29.2 Å². The summed E-state index contributed by atoms with van der Waals surface area (Å²) in [7, 11) is 1.87. The van der Waals surface area contributed by atoms with Crippen molar-refractivity contribution in [2.75, 3.05) is 11.4 Å². The topological polar surface area (TPSA) is 81.2 Å². The minimum atomic E-state index is -0.487. The normalized spacial score (nSPS) is 10.7. The Kier molecular flexibility index (Phi) is 5.90. The van der Waals surface area contributed by atoms with Crippen molar-refractivity contribution >= 4 is 17.5 Å². The number of halogens is 1. The average Bonchev–Trinajstić information content (AvgIpc) is 2.79. The van der Waals surface area contributed by atoms with Gasteiger partial charge >= 0.3 is 0 Å². The van der Waals surface area contributed by atoms with Crippen LogP contribution in [0, 0.1) is 19.7 Å². The first kappa shape index (κ1) is 18.6. The highest BCUT2D eigenvalue weighted by Crippen LogP contribution is 2.19. The van der Waals surface area contributed by atoms with Crippen LogP contribution in [0.5, 0.6) is 0 Å². The van der Waals surface area contributed by atoms with Gasteiger partial charge in [0.05, 0.1) is 5.69 Å². The first-order valence-corrected chi connectivity index (χ1v) is 8.13. The van der Waals surface area contributed by atoms with Crippen LogP contribution in [-0.4, -0.2) is 28.1 Å². The fourth-order valence-corrected chi connectivity index (χ4v) is 2.79. The molecule has 0 spiro atoms. The summed E-state index contributed by atoms with van der Waals surface area (Å²) in [6.45, 7) is 4.05. The molecular weight excluding hydrogens is 323 g/mol. The van der Waals surface area contributed by atoms with Crippen LogP contribution in [0.15, 0.2) is 24.3 Å². The van der Waals surface area contributed by atoms with Gasteiger partial charge in [0.15, 0.2) is 0 Å². The van der Waals surface area contributed by atoms with E-state index in [9.17, 15) is 14.0 Å². The Hall–Kier alpha value is -2.70. The SMILES string of the molecule is Cc1nn(C)c(C)c1CCC(=O)N(CCC(N)=O)c1ccc(F)cc1. The van der Waals surface area contributed by atoms with Crippen LogP contribution in [0.2, 0.25) is 0 Å². The molecule has 25 heavy (non-hydrogen) atoms. The summed E-state index contributed by atoms with van der Waals surface area (Å²) in [4.78, 5) is 25.3. The number of amides is 2. The van der Waals surface area contributed by atoms with Crippen molar-refractivity contribution in [1.82, 2.24) is 9.78 Å². The molecule has 0 saturated heterocycles. The number of anilines is 1. The fourth-order valence-electron chi connectivity index (χ4n) is 2.79. The molecule has 1 heterocycles. The predicted octanol–water partition coefficient (Wildman–Crippen LogP) is 2.02. The Balaban J connectivity index is 2.14. The lowest BCUT2D eigenvalue weighted by Crippen LogP contribution is -2.34. The van der Waals surface area contributed by atoms with Crippen molar-refractivity contribution in [3.63, 3.8) is 0 Å². The zero-order valence-corrected chi connectivity index (χ0v) is 14.8. The maximum Gasteiger partial charge on any atom is 0.227 e. The number of carbonyl (C=O) groups excluding carboxylic acids is 2. The van der Waals surface area contributed by atoms with E-state index in [0.29, 0.717) is 12.1 Å². The molecule has 2 rings (SSSR count). The molecule has 134 valence electrons. The van der Waals surface area contributed by atoms with Crippen LogP contribution in [0.25, 0.3) is 0 Å². The molecular formula is C18H23FN4O2. The number of rotatable bonds is 7. The van der Waals surface area contributed by atoms with E-state index in [2.05, 4.69) is 5.10 Å². The van der Waals surface area contributed by atoms with Crippen LogP contribution in [0.1, 0.15) is 29.8 Å². The van der Waals surface area contributed by atoms with Gasteiger partial charge in [-0.3, -0.25) is 14.3 Å². The van der Waals surface area contributed by atoms with Crippen LogP contribution in [-0.2, 0) is 23.1 Å². The third-order valence-corrected chi connectivity index (χ3v) is 4.27.